The fourth-order valence-corrected chi connectivity index (χ4v) is 8.22. The number of rotatable bonds is 7. The van der Waals surface area contributed by atoms with Crippen LogP contribution in [0.1, 0.15) is 36.9 Å². The third-order valence-corrected chi connectivity index (χ3v) is 10.7. The Morgan fingerprint density at radius 2 is 2.02 bits per heavy atom. The molecule has 4 aliphatic rings. The van der Waals surface area contributed by atoms with Crippen LogP contribution in [0.25, 0.3) is 10.8 Å². The van der Waals surface area contributed by atoms with Crippen molar-refractivity contribution in [1.29, 1.82) is 5.26 Å². The lowest BCUT2D eigenvalue weighted by molar-refractivity contribution is -0.131. The van der Waals surface area contributed by atoms with E-state index in [-0.39, 0.29) is 24.0 Å². The van der Waals surface area contributed by atoms with E-state index in [9.17, 15) is 18.8 Å². The number of hydrogen-bond acceptors (Lipinski definition) is 8. The molecule has 1 amide bonds. The normalized spacial score (nSPS) is 24.3. The van der Waals surface area contributed by atoms with E-state index in [0.717, 1.165) is 22.3 Å². The molecule has 3 aromatic rings. The van der Waals surface area contributed by atoms with Crippen molar-refractivity contribution in [2.75, 3.05) is 49.6 Å². The van der Waals surface area contributed by atoms with Crippen molar-refractivity contribution in [3.8, 4) is 12.1 Å². The zero-order valence-electron chi connectivity index (χ0n) is 25.8. The van der Waals surface area contributed by atoms with Gasteiger partial charge in [0, 0.05) is 54.9 Å². The minimum Gasteiger partial charge on any atom is -0.462 e. The fourth-order valence-electron chi connectivity index (χ4n) is 7.95. The van der Waals surface area contributed by atoms with Crippen molar-refractivity contribution < 1.29 is 18.3 Å². The van der Waals surface area contributed by atoms with E-state index >= 15 is 0 Å². The van der Waals surface area contributed by atoms with Gasteiger partial charge in [0.1, 0.15) is 18.2 Å². The molecule has 2 saturated heterocycles. The van der Waals surface area contributed by atoms with Gasteiger partial charge in [0.25, 0.3) is 5.91 Å². The molecular weight excluding hydrogens is 612 g/mol. The number of amides is 1. The van der Waals surface area contributed by atoms with E-state index < -0.39 is 23.6 Å². The number of hydrogen-bond donors (Lipinski definition) is 0. The number of halogens is 3. The maximum absolute atomic E-state index is 14.6. The molecule has 240 valence electrons. The first kappa shape index (κ1) is 30.6. The van der Waals surface area contributed by atoms with Crippen LogP contribution >= 0.6 is 11.6 Å². The highest BCUT2D eigenvalue weighted by molar-refractivity contribution is 6.36. The van der Waals surface area contributed by atoms with Crippen LogP contribution in [0.5, 0.6) is 6.01 Å². The van der Waals surface area contributed by atoms with E-state index in [1.54, 1.807) is 6.07 Å². The Kier molecular flexibility index (Phi) is 8.19. The lowest BCUT2D eigenvalue weighted by atomic mass is 10.00. The van der Waals surface area contributed by atoms with Crippen LogP contribution in [-0.2, 0) is 17.8 Å². The summed E-state index contributed by atoms with van der Waals surface area (Å²) in [5.74, 6) is -0.986. The first-order valence-electron chi connectivity index (χ1n) is 15.9. The molecule has 3 fully saturated rings. The number of piperidine rings is 1. The minimum atomic E-state index is -1.04. The van der Waals surface area contributed by atoms with E-state index in [4.69, 9.17) is 26.3 Å². The molecule has 46 heavy (non-hydrogen) atoms. The summed E-state index contributed by atoms with van der Waals surface area (Å²) in [5, 5.41) is 11.1. The SMILES string of the molecule is C=C(F)C(=O)N1CCN(c2nc(OC[C@@H]3C4CC[C@@H](C4)N3C)nc3c2CCN(c2cccc4ccc(F)c(Cl)c24)C3)C[C@@H]1CC#N. The summed E-state index contributed by atoms with van der Waals surface area (Å²) in [4.78, 5) is 30.4. The monoisotopic (exact) mass is 647 g/mol. The van der Waals surface area contributed by atoms with Gasteiger partial charge in [-0.3, -0.25) is 9.69 Å². The highest BCUT2D eigenvalue weighted by atomic mass is 35.5. The average molecular weight is 648 g/mol. The van der Waals surface area contributed by atoms with Crippen molar-refractivity contribution in [3.05, 3.63) is 64.8 Å². The quantitative estimate of drug-likeness (QED) is 0.321. The minimum absolute atomic E-state index is 0.0505. The molecule has 9 nitrogen and oxygen atoms in total. The second kappa shape index (κ2) is 12.3. The van der Waals surface area contributed by atoms with Gasteiger partial charge in [0.05, 0.1) is 35.8 Å². The van der Waals surface area contributed by atoms with Gasteiger partial charge in [0.15, 0.2) is 5.83 Å². The van der Waals surface area contributed by atoms with Crippen LogP contribution in [0.4, 0.5) is 20.3 Å². The molecule has 3 aliphatic heterocycles. The maximum atomic E-state index is 14.6. The Balaban J connectivity index is 1.22. The fraction of sp³-hybridized carbons (Fsp3) is 0.471. The molecule has 7 rings (SSSR count). The van der Waals surface area contributed by atoms with Crippen LogP contribution in [0.3, 0.4) is 0 Å². The van der Waals surface area contributed by atoms with Gasteiger partial charge in [-0.25, -0.2) is 8.78 Å². The Morgan fingerprint density at radius 3 is 2.78 bits per heavy atom. The van der Waals surface area contributed by atoms with Crippen molar-refractivity contribution in [2.45, 2.75) is 56.8 Å². The molecule has 2 aromatic carbocycles. The molecule has 0 N–H and O–H groups in total. The van der Waals surface area contributed by atoms with Crippen molar-refractivity contribution in [3.63, 3.8) is 0 Å². The zero-order valence-corrected chi connectivity index (χ0v) is 26.5. The molecule has 12 heteroatoms. The Bertz CT molecular complexity index is 1750. The molecule has 1 aromatic heterocycles. The maximum Gasteiger partial charge on any atom is 0.318 e. The predicted octanol–water partition coefficient (Wildman–Crippen LogP) is 5.26. The molecule has 1 unspecified atom stereocenters. The first-order valence-corrected chi connectivity index (χ1v) is 16.2. The summed E-state index contributed by atoms with van der Waals surface area (Å²) < 4.78 is 34.8. The highest BCUT2D eigenvalue weighted by Gasteiger charge is 2.44. The van der Waals surface area contributed by atoms with Crippen LogP contribution < -0.4 is 14.5 Å². The number of nitrogens with zero attached hydrogens (tertiary/aromatic N) is 7. The summed E-state index contributed by atoms with van der Waals surface area (Å²) in [6.45, 7) is 5.65. The number of likely N-dealkylation sites (N-methyl/N-ethyl adjacent to an activating group) is 1. The molecule has 0 radical (unpaired) electrons. The number of fused-ring (bicyclic) bond motifs is 4. The van der Waals surface area contributed by atoms with E-state index in [2.05, 4.69) is 34.4 Å². The van der Waals surface area contributed by atoms with E-state index in [1.165, 1.54) is 30.2 Å². The Hall–Kier alpha value is -4.01. The number of carbonyl (C=O) groups is 1. The molecule has 1 saturated carbocycles. The van der Waals surface area contributed by atoms with Crippen molar-refractivity contribution in [1.82, 2.24) is 19.8 Å². The third-order valence-electron chi connectivity index (χ3n) is 10.4. The molecule has 4 heterocycles. The molecule has 0 spiro atoms. The number of anilines is 2. The Labute approximate surface area is 272 Å². The van der Waals surface area contributed by atoms with E-state index in [0.29, 0.717) is 68.4 Å². The van der Waals surface area contributed by atoms with Gasteiger partial charge in [0.2, 0.25) is 0 Å². The Morgan fingerprint density at radius 1 is 1.17 bits per heavy atom. The lowest BCUT2D eigenvalue weighted by Crippen LogP contribution is -2.55. The van der Waals surface area contributed by atoms with Gasteiger partial charge in [-0.15, -0.1) is 0 Å². The zero-order chi connectivity index (χ0) is 32.1. The number of nitriles is 1. The lowest BCUT2D eigenvalue weighted by Gasteiger charge is -2.42. The standard InChI is InChI=1S/C34H36ClF2N7O2/c1-20(36)33(45)44-15-14-43(17-24(44)10-12-38)32-25-11-13-42(28-5-3-4-21-7-9-26(37)31(35)30(21)28)18-27(25)39-34(40-32)46-19-29-22-6-8-23(16-22)41(29)2/h3-5,7,9,22-24,29H,1,6,8,10-11,13-19H2,2H3/t22?,23-,24-,29+/m0/s1. The van der Waals surface area contributed by atoms with Gasteiger partial charge in [-0.2, -0.15) is 15.2 Å². The van der Waals surface area contributed by atoms with Gasteiger partial charge in [-0.1, -0.05) is 36.4 Å². The van der Waals surface area contributed by atoms with Crippen LogP contribution in [0, 0.1) is 23.1 Å². The summed E-state index contributed by atoms with van der Waals surface area (Å²) in [6.07, 6.45) is 4.28. The van der Waals surface area contributed by atoms with Gasteiger partial charge in [-0.05, 0) is 56.2 Å². The summed E-state index contributed by atoms with van der Waals surface area (Å²) >= 11 is 6.50. The summed E-state index contributed by atoms with van der Waals surface area (Å²) in [6, 6.07) is 11.7. The largest absolute Gasteiger partial charge is 0.462 e. The summed E-state index contributed by atoms with van der Waals surface area (Å²) in [7, 11) is 2.16. The number of carbonyl (C=O) groups excluding carboxylic acids is 1. The van der Waals surface area contributed by atoms with Crippen molar-refractivity contribution >= 4 is 39.8 Å². The topological polar surface area (TPSA) is 88.8 Å². The molecule has 4 atom stereocenters. The molecule has 2 bridgehead atoms. The number of aromatic nitrogens is 2. The average Bonchev–Trinajstić information content (AvgIpc) is 3.66. The van der Waals surface area contributed by atoms with Crippen molar-refractivity contribution in [2.24, 2.45) is 5.92 Å². The molecule has 1 aliphatic carbocycles. The number of ether oxygens (including phenoxy) is 1. The third kappa shape index (κ3) is 5.41. The molecular formula is C34H36ClF2N7O2. The summed E-state index contributed by atoms with van der Waals surface area (Å²) in [5.41, 5.74) is 2.58. The van der Waals surface area contributed by atoms with E-state index in [1.807, 2.05) is 18.2 Å². The second-order valence-corrected chi connectivity index (χ2v) is 13.2. The van der Waals surface area contributed by atoms with Crippen LogP contribution in [0.2, 0.25) is 5.02 Å². The number of piperazine rings is 1. The second-order valence-electron chi connectivity index (χ2n) is 12.8. The first-order chi connectivity index (χ1) is 22.2. The van der Waals surface area contributed by atoms with Crippen LogP contribution in [-0.4, -0.2) is 83.6 Å². The van der Waals surface area contributed by atoms with Gasteiger partial charge < -0.3 is 19.4 Å². The smallest absolute Gasteiger partial charge is 0.318 e. The number of likely N-dealkylation sites (tertiary alicyclic amines) is 1. The number of benzene rings is 2. The van der Waals surface area contributed by atoms with Gasteiger partial charge >= 0.3 is 6.01 Å². The predicted molar refractivity (Wildman–Crippen MR) is 172 cm³/mol. The van der Waals surface area contributed by atoms with Crippen LogP contribution in [0.15, 0.2) is 42.7 Å². The highest BCUT2D eigenvalue weighted by Crippen LogP contribution is 2.42.